The van der Waals surface area contributed by atoms with Crippen LogP contribution in [0.15, 0.2) is 47.4 Å². The van der Waals surface area contributed by atoms with E-state index < -0.39 is 14.9 Å². The molecule has 0 aliphatic heterocycles. The van der Waals surface area contributed by atoms with Crippen LogP contribution in [0.1, 0.15) is 30.0 Å². The summed E-state index contributed by atoms with van der Waals surface area (Å²) < 4.78 is 23.0. The number of primary sulfonamides is 1. The second-order valence-corrected chi connectivity index (χ2v) is 7.73. The molecule has 1 atom stereocenters. The summed E-state index contributed by atoms with van der Waals surface area (Å²) in [6, 6.07) is 11.9. The minimum Gasteiger partial charge on any atom is -0.362 e. The number of hydrogen-bond acceptors (Lipinski definition) is 5. The molecule has 0 amide bonds. The fourth-order valence-electron chi connectivity index (χ4n) is 3.42. The zero-order valence-corrected chi connectivity index (χ0v) is 14.6. The molecule has 7 nitrogen and oxygen atoms in total. The molecule has 1 aliphatic carbocycles. The van der Waals surface area contributed by atoms with Crippen LogP contribution in [0.4, 0.5) is 11.4 Å². The van der Waals surface area contributed by atoms with E-state index in [0.29, 0.717) is 5.69 Å². The van der Waals surface area contributed by atoms with Crippen molar-refractivity contribution in [2.75, 3.05) is 11.9 Å². The number of sulfonamides is 1. The average molecular weight is 361 g/mol. The lowest BCUT2D eigenvalue weighted by Crippen LogP contribution is -2.28. The highest BCUT2D eigenvalue weighted by atomic mass is 32.2. The first-order valence-corrected chi connectivity index (χ1v) is 9.45. The molecular formula is C17H19N3O4S. The van der Waals surface area contributed by atoms with Gasteiger partial charge in [0, 0.05) is 13.1 Å². The first-order chi connectivity index (χ1) is 11.8. The quantitative estimate of drug-likeness (QED) is 0.665. The minimum absolute atomic E-state index is 0.00369. The number of nitro benzene ring substituents is 1. The molecule has 0 heterocycles. The van der Waals surface area contributed by atoms with Crippen LogP contribution in [0.2, 0.25) is 0 Å². The van der Waals surface area contributed by atoms with Crippen LogP contribution in [0.25, 0.3) is 0 Å². The molecule has 0 fully saturated rings. The van der Waals surface area contributed by atoms with Crippen molar-refractivity contribution in [3.63, 3.8) is 0 Å². The van der Waals surface area contributed by atoms with Gasteiger partial charge in [0.2, 0.25) is 10.0 Å². The van der Waals surface area contributed by atoms with E-state index >= 15 is 0 Å². The fraction of sp³-hybridized carbons (Fsp3) is 0.294. The van der Waals surface area contributed by atoms with E-state index in [1.54, 1.807) is 7.05 Å². The number of rotatable bonds is 4. The normalized spacial score (nSPS) is 17.0. The minimum atomic E-state index is -4.00. The molecule has 0 aromatic heterocycles. The molecule has 0 saturated heterocycles. The van der Waals surface area contributed by atoms with Crippen molar-refractivity contribution in [3.8, 4) is 0 Å². The third-order valence-corrected chi connectivity index (χ3v) is 5.57. The fourth-order valence-corrected chi connectivity index (χ4v) is 3.96. The second-order valence-electron chi connectivity index (χ2n) is 6.17. The Bertz CT molecular complexity index is 927. The Labute approximate surface area is 146 Å². The van der Waals surface area contributed by atoms with Crippen molar-refractivity contribution in [2.24, 2.45) is 5.14 Å². The van der Waals surface area contributed by atoms with Gasteiger partial charge in [0.25, 0.3) is 5.69 Å². The molecular weight excluding hydrogens is 342 g/mol. The van der Waals surface area contributed by atoms with Gasteiger partial charge >= 0.3 is 0 Å². The molecule has 0 unspecified atom stereocenters. The van der Waals surface area contributed by atoms with Gasteiger partial charge in [-0.25, -0.2) is 13.6 Å². The Hall–Kier alpha value is -2.45. The van der Waals surface area contributed by atoms with Gasteiger partial charge in [-0.15, -0.1) is 0 Å². The van der Waals surface area contributed by atoms with Crippen LogP contribution < -0.4 is 10.0 Å². The second kappa shape index (κ2) is 6.45. The standard InChI is InChI=1S/C17H19N3O4S/c1-19(15-8-4-6-12-5-2-3-7-14(12)15)16-10-9-13(25(18,23)24)11-17(16)20(21)22/h2-3,5,7,9-11,15H,4,6,8H2,1H3,(H2,18,23,24)/t15-/m0/s1. The molecule has 8 heteroatoms. The van der Waals surface area contributed by atoms with E-state index in [0.717, 1.165) is 30.9 Å². The van der Waals surface area contributed by atoms with Crippen LogP contribution in [0.5, 0.6) is 0 Å². The third-order valence-electron chi connectivity index (χ3n) is 4.66. The molecule has 0 radical (unpaired) electrons. The Balaban J connectivity index is 2.06. The highest BCUT2D eigenvalue weighted by Crippen LogP contribution is 2.39. The topological polar surface area (TPSA) is 107 Å². The molecule has 2 aromatic rings. The first kappa shape index (κ1) is 17.4. The van der Waals surface area contributed by atoms with Crippen molar-refractivity contribution in [2.45, 2.75) is 30.2 Å². The summed E-state index contributed by atoms with van der Waals surface area (Å²) in [7, 11) is -2.20. The van der Waals surface area contributed by atoms with Crippen LogP contribution in [-0.4, -0.2) is 20.4 Å². The Kier molecular flexibility index (Phi) is 4.49. The molecule has 25 heavy (non-hydrogen) atoms. The predicted molar refractivity (Wildman–Crippen MR) is 95.0 cm³/mol. The predicted octanol–water partition coefficient (Wildman–Crippen LogP) is 2.76. The van der Waals surface area contributed by atoms with Crippen molar-refractivity contribution in [1.82, 2.24) is 0 Å². The molecule has 0 saturated carbocycles. The number of nitrogens with two attached hydrogens (primary N) is 1. The molecule has 2 N–H and O–H groups in total. The van der Waals surface area contributed by atoms with Crippen LogP contribution in [0.3, 0.4) is 0 Å². The Morgan fingerprint density at radius 2 is 1.96 bits per heavy atom. The van der Waals surface area contributed by atoms with Crippen molar-refractivity contribution in [1.29, 1.82) is 0 Å². The van der Waals surface area contributed by atoms with Gasteiger partial charge < -0.3 is 4.90 Å². The first-order valence-electron chi connectivity index (χ1n) is 7.91. The Morgan fingerprint density at radius 3 is 2.64 bits per heavy atom. The number of aryl methyl sites for hydroxylation is 1. The van der Waals surface area contributed by atoms with Crippen molar-refractivity contribution < 1.29 is 13.3 Å². The van der Waals surface area contributed by atoms with Crippen molar-refractivity contribution in [3.05, 3.63) is 63.7 Å². The lowest BCUT2D eigenvalue weighted by atomic mass is 9.87. The third kappa shape index (κ3) is 3.35. The van der Waals surface area contributed by atoms with Gasteiger partial charge in [-0.2, -0.15) is 0 Å². The van der Waals surface area contributed by atoms with Crippen LogP contribution in [-0.2, 0) is 16.4 Å². The van der Waals surface area contributed by atoms with E-state index in [4.69, 9.17) is 5.14 Å². The number of benzene rings is 2. The highest BCUT2D eigenvalue weighted by molar-refractivity contribution is 7.89. The summed E-state index contributed by atoms with van der Waals surface area (Å²) in [6.07, 6.45) is 2.86. The maximum Gasteiger partial charge on any atom is 0.293 e. The molecule has 3 rings (SSSR count). The van der Waals surface area contributed by atoms with E-state index in [2.05, 4.69) is 6.07 Å². The number of nitro groups is 1. The number of anilines is 1. The SMILES string of the molecule is CN(c1ccc(S(N)(=O)=O)cc1[N+](=O)[O-])[C@H]1CCCc2ccccc21. The van der Waals surface area contributed by atoms with E-state index in [9.17, 15) is 18.5 Å². The Morgan fingerprint density at radius 1 is 1.24 bits per heavy atom. The number of hydrogen-bond donors (Lipinski definition) is 1. The number of fused-ring (bicyclic) bond motifs is 1. The maximum absolute atomic E-state index is 11.5. The summed E-state index contributed by atoms with van der Waals surface area (Å²) >= 11 is 0. The van der Waals surface area contributed by atoms with Gasteiger partial charge in [-0.3, -0.25) is 10.1 Å². The number of nitrogens with zero attached hydrogens (tertiary/aromatic N) is 2. The van der Waals surface area contributed by atoms with Gasteiger partial charge in [0.15, 0.2) is 0 Å². The van der Waals surface area contributed by atoms with Gasteiger partial charge in [0.05, 0.1) is 15.9 Å². The monoisotopic (exact) mass is 361 g/mol. The summed E-state index contributed by atoms with van der Waals surface area (Å²) in [4.78, 5) is 12.5. The lowest BCUT2D eigenvalue weighted by Gasteiger charge is -2.34. The maximum atomic E-state index is 11.5. The van der Waals surface area contributed by atoms with Crippen LogP contribution >= 0.6 is 0 Å². The smallest absolute Gasteiger partial charge is 0.293 e. The summed E-state index contributed by atoms with van der Waals surface area (Å²) in [5, 5.41) is 16.6. The molecule has 132 valence electrons. The van der Waals surface area contributed by atoms with Gasteiger partial charge in [-0.1, -0.05) is 24.3 Å². The molecule has 2 aromatic carbocycles. The van der Waals surface area contributed by atoms with E-state index in [-0.39, 0.29) is 16.6 Å². The van der Waals surface area contributed by atoms with Crippen molar-refractivity contribution >= 4 is 21.4 Å². The lowest BCUT2D eigenvalue weighted by molar-refractivity contribution is -0.384. The zero-order chi connectivity index (χ0) is 18.2. The van der Waals surface area contributed by atoms with E-state index in [1.165, 1.54) is 17.7 Å². The highest BCUT2D eigenvalue weighted by Gasteiger charge is 2.28. The van der Waals surface area contributed by atoms with E-state index in [1.807, 2.05) is 23.1 Å². The van der Waals surface area contributed by atoms with Crippen LogP contribution in [0, 0.1) is 10.1 Å². The summed E-state index contributed by atoms with van der Waals surface area (Å²) in [5.74, 6) is 0. The van der Waals surface area contributed by atoms with Gasteiger partial charge in [0.1, 0.15) is 5.69 Å². The van der Waals surface area contributed by atoms with Gasteiger partial charge in [-0.05, 0) is 42.5 Å². The molecule has 0 bridgehead atoms. The molecule has 0 spiro atoms. The summed E-state index contributed by atoms with van der Waals surface area (Å²) in [6.45, 7) is 0. The average Bonchev–Trinajstić information content (AvgIpc) is 2.59. The largest absolute Gasteiger partial charge is 0.362 e. The zero-order valence-electron chi connectivity index (χ0n) is 13.8. The molecule has 1 aliphatic rings. The summed E-state index contributed by atoms with van der Waals surface area (Å²) in [5.41, 5.74) is 2.51.